The highest BCUT2D eigenvalue weighted by molar-refractivity contribution is 7.15. The first-order valence-corrected chi connectivity index (χ1v) is 9.98. The fraction of sp³-hybridized carbons (Fsp3) is 0.350. The van der Waals surface area contributed by atoms with Crippen molar-refractivity contribution in [3.8, 4) is 0 Å². The molecule has 0 radical (unpaired) electrons. The molecule has 3 heterocycles. The second-order valence-corrected chi connectivity index (χ2v) is 8.07. The van der Waals surface area contributed by atoms with Crippen LogP contribution in [0.4, 0.5) is 21.2 Å². The standard InChI is InChI=1S/C20H22FN5S/c1-13(2)17-11-22-20(27-17)25-18-10-19(24-12-23-18)26-9-3-4-16(26)14-5-7-15(21)8-6-14/h5-8,10-13,16H,3-4,9H2,1-2H3,(H,22,23,24,25). The average molecular weight is 383 g/mol. The highest BCUT2D eigenvalue weighted by atomic mass is 32.1. The van der Waals surface area contributed by atoms with Gasteiger partial charge in [-0.05, 0) is 36.5 Å². The number of hydrogen-bond donors (Lipinski definition) is 1. The number of halogens is 1. The number of rotatable bonds is 5. The van der Waals surface area contributed by atoms with E-state index in [1.807, 2.05) is 24.4 Å². The van der Waals surface area contributed by atoms with Crippen LogP contribution in [-0.2, 0) is 0 Å². The molecule has 0 amide bonds. The molecule has 140 valence electrons. The van der Waals surface area contributed by atoms with Gasteiger partial charge in [-0.1, -0.05) is 26.0 Å². The van der Waals surface area contributed by atoms with Crippen molar-refractivity contribution in [1.29, 1.82) is 0 Å². The van der Waals surface area contributed by atoms with E-state index in [1.165, 1.54) is 17.0 Å². The van der Waals surface area contributed by atoms with Crippen molar-refractivity contribution in [2.24, 2.45) is 0 Å². The molecule has 3 aromatic rings. The lowest BCUT2D eigenvalue weighted by atomic mass is 10.0. The summed E-state index contributed by atoms with van der Waals surface area (Å²) < 4.78 is 13.3. The van der Waals surface area contributed by atoms with E-state index in [1.54, 1.807) is 17.7 Å². The summed E-state index contributed by atoms with van der Waals surface area (Å²) in [6.45, 7) is 5.24. The minimum Gasteiger partial charge on any atom is -0.349 e. The first kappa shape index (κ1) is 17.9. The second kappa shape index (κ2) is 7.60. The van der Waals surface area contributed by atoms with E-state index in [0.29, 0.717) is 5.92 Å². The molecule has 4 rings (SSSR count). The topological polar surface area (TPSA) is 53.9 Å². The first-order chi connectivity index (χ1) is 13.1. The number of benzene rings is 1. The van der Waals surface area contributed by atoms with Crippen molar-refractivity contribution in [3.63, 3.8) is 0 Å². The fourth-order valence-corrected chi connectivity index (χ4v) is 4.19. The first-order valence-electron chi connectivity index (χ1n) is 9.17. The molecule has 2 aromatic heterocycles. The predicted molar refractivity (Wildman–Crippen MR) is 107 cm³/mol. The Kier molecular flexibility index (Phi) is 5.03. The van der Waals surface area contributed by atoms with Crippen molar-refractivity contribution in [2.75, 3.05) is 16.8 Å². The van der Waals surface area contributed by atoms with Gasteiger partial charge in [0.2, 0.25) is 0 Å². The zero-order valence-corrected chi connectivity index (χ0v) is 16.2. The number of thiazole rings is 1. The lowest BCUT2D eigenvalue weighted by Gasteiger charge is -2.26. The molecule has 1 aliphatic rings. The molecule has 7 heteroatoms. The number of hydrogen-bond acceptors (Lipinski definition) is 6. The lowest BCUT2D eigenvalue weighted by Crippen LogP contribution is -2.23. The Labute approximate surface area is 162 Å². The zero-order valence-electron chi connectivity index (χ0n) is 15.4. The van der Waals surface area contributed by atoms with Crippen molar-refractivity contribution < 1.29 is 4.39 Å². The summed E-state index contributed by atoms with van der Waals surface area (Å²) in [6, 6.07) is 8.93. The van der Waals surface area contributed by atoms with Gasteiger partial charge in [-0.15, -0.1) is 11.3 Å². The predicted octanol–water partition coefficient (Wildman–Crippen LogP) is 5.28. The van der Waals surface area contributed by atoms with E-state index >= 15 is 0 Å². The van der Waals surface area contributed by atoms with Gasteiger partial charge >= 0.3 is 0 Å². The summed E-state index contributed by atoms with van der Waals surface area (Å²) >= 11 is 1.64. The highest BCUT2D eigenvalue weighted by Crippen LogP contribution is 2.36. The molecule has 0 bridgehead atoms. The summed E-state index contributed by atoms with van der Waals surface area (Å²) in [4.78, 5) is 16.7. The second-order valence-electron chi connectivity index (χ2n) is 7.01. The molecule has 1 fully saturated rings. The summed E-state index contributed by atoms with van der Waals surface area (Å²) in [5, 5.41) is 4.12. The van der Waals surface area contributed by atoms with Gasteiger partial charge < -0.3 is 10.2 Å². The summed E-state index contributed by atoms with van der Waals surface area (Å²) in [5.41, 5.74) is 1.11. The Morgan fingerprint density at radius 1 is 1.19 bits per heavy atom. The van der Waals surface area contributed by atoms with Gasteiger partial charge in [0.1, 0.15) is 23.8 Å². The summed E-state index contributed by atoms with van der Waals surface area (Å²) in [5.74, 6) is 1.86. The number of aromatic nitrogens is 3. The molecule has 0 saturated carbocycles. The highest BCUT2D eigenvalue weighted by Gasteiger charge is 2.27. The molecule has 27 heavy (non-hydrogen) atoms. The fourth-order valence-electron chi connectivity index (χ4n) is 3.37. The van der Waals surface area contributed by atoms with E-state index in [2.05, 4.69) is 39.0 Å². The van der Waals surface area contributed by atoms with Gasteiger partial charge in [0, 0.05) is 23.7 Å². The largest absolute Gasteiger partial charge is 0.349 e. The van der Waals surface area contributed by atoms with Crippen LogP contribution in [0.3, 0.4) is 0 Å². The number of anilines is 3. The zero-order chi connectivity index (χ0) is 18.8. The van der Waals surface area contributed by atoms with Gasteiger partial charge in [-0.3, -0.25) is 0 Å². The minimum absolute atomic E-state index is 0.207. The van der Waals surface area contributed by atoms with Crippen LogP contribution in [0.15, 0.2) is 42.9 Å². The maximum Gasteiger partial charge on any atom is 0.188 e. The Morgan fingerprint density at radius 3 is 2.74 bits per heavy atom. The molecular weight excluding hydrogens is 361 g/mol. The molecule has 1 saturated heterocycles. The van der Waals surface area contributed by atoms with Crippen LogP contribution >= 0.6 is 11.3 Å². The van der Waals surface area contributed by atoms with E-state index in [4.69, 9.17) is 0 Å². The third kappa shape index (κ3) is 3.93. The van der Waals surface area contributed by atoms with E-state index in [0.717, 1.165) is 41.7 Å². The van der Waals surface area contributed by atoms with Crippen molar-refractivity contribution in [3.05, 3.63) is 59.1 Å². The molecule has 1 atom stereocenters. The maximum absolute atomic E-state index is 13.3. The van der Waals surface area contributed by atoms with Crippen LogP contribution in [0, 0.1) is 5.82 Å². The van der Waals surface area contributed by atoms with Crippen molar-refractivity contribution >= 4 is 28.1 Å². The number of nitrogens with one attached hydrogen (secondary N) is 1. The SMILES string of the molecule is CC(C)c1cnc(Nc2cc(N3CCCC3c3ccc(F)cc3)ncn2)s1. The van der Waals surface area contributed by atoms with Crippen LogP contribution in [0.2, 0.25) is 0 Å². The molecule has 1 aromatic carbocycles. The molecule has 1 N–H and O–H groups in total. The molecule has 1 aliphatic heterocycles. The van der Waals surface area contributed by atoms with Gasteiger partial charge in [0.05, 0.1) is 6.04 Å². The quantitative estimate of drug-likeness (QED) is 0.649. The molecule has 0 spiro atoms. The molecular formula is C20H22FN5S. The Balaban J connectivity index is 1.54. The summed E-state index contributed by atoms with van der Waals surface area (Å²) in [7, 11) is 0. The van der Waals surface area contributed by atoms with Crippen LogP contribution in [-0.4, -0.2) is 21.5 Å². The van der Waals surface area contributed by atoms with Gasteiger partial charge in [0.15, 0.2) is 5.13 Å². The normalized spacial score (nSPS) is 16.9. The van der Waals surface area contributed by atoms with Gasteiger partial charge in [-0.2, -0.15) is 0 Å². The molecule has 1 unspecified atom stereocenters. The smallest absolute Gasteiger partial charge is 0.188 e. The lowest BCUT2D eigenvalue weighted by molar-refractivity contribution is 0.624. The third-order valence-corrected chi connectivity index (χ3v) is 6.00. The molecule has 5 nitrogen and oxygen atoms in total. The third-order valence-electron chi connectivity index (χ3n) is 4.78. The Morgan fingerprint density at radius 2 is 2.00 bits per heavy atom. The minimum atomic E-state index is -0.207. The van der Waals surface area contributed by atoms with Crippen LogP contribution < -0.4 is 10.2 Å². The summed E-state index contributed by atoms with van der Waals surface area (Å²) in [6.07, 6.45) is 5.60. The average Bonchev–Trinajstić information content (AvgIpc) is 3.32. The van der Waals surface area contributed by atoms with Gasteiger partial charge in [-0.25, -0.2) is 19.3 Å². The van der Waals surface area contributed by atoms with Crippen LogP contribution in [0.1, 0.15) is 49.1 Å². The van der Waals surface area contributed by atoms with Crippen LogP contribution in [0.25, 0.3) is 0 Å². The van der Waals surface area contributed by atoms with E-state index < -0.39 is 0 Å². The Hall–Kier alpha value is -2.54. The monoisotopic (exact) mass is 383 g/mol. The van der Waals surface area contributed by atoms with Crippen molar-refractivity contribution in [2.45, 2.75) is 38.6 Å². The van der Waals surface area contributed by atoms with Crippen molar-refractivity contribution in [1.82, 2.24) is 15.0 Å². The Bertz CT molecular complexity index is 909. The van der Waals surface area contributed by atoms with E-state index in [9.17, 15) is 4.39 Å². The maximum atomic E-state index is 13.3. The van der Waals surface area contributed by atoms with Crippen LogP contribution in [0.5, 0.6) is 0 Å². The molecule has 0 aliphatic carbocycles. The number of nitrogens with zero attached hydrogens (tertiary/aromatic N) is 4. The van der Waals surface area contributed by atoms with Gasteiger partial charge in [0.25, 0.3) is 0 Å². The van der Waals surface area contributed by atoms with E-state index in [-0.39, 0.29) is 11.9 Å².